The number of hydrogen-bond acceptors (Lipinski definition) is 3. The molecule has 4 nitrogen and oxygen atoms in total. The molecule has 1 fully saturated rings. The lowest BCUT2D eigenvalue weighted by molar-refractivity contribution is -0.139. The van der Waals surface area contributed by atoms with Gasteiger partial charge in [-0.05, 0) is 27.4 Å². The minimum atomic E-state index is -0.797. The summed E-state index contributed by atoms with van der Waals surface area (Å²) in [5, 5.41) is 10.4. The highest BCUT2D eigenvalue weighted by Crippen LogP contribution is 2.28. The second-order valence-electron chi connectivity index (χ2n) is 3.77. The normalized spacial score (nSPS) is 15.9. The van der Waals surface area contributed by atoms with Gasteiger partial charge >= 0.3 is 5.97 Å². The Morgan fingerprint density at radius 2 is 2.25 bits per heavy atom. The summed E-state index contributed by atoms with van der Waals surface area (Å²) in [5.74, 6) is -0.696. The quantitative estimate of drug-likeness (QED) is 0.930. The lowest BCUT2D eigenvalue weighted by Gasteiger charge is -2.38. The molecule has 0 aromatic carbocycles. The molecule has 1 aliphatic rings. The molecule has 16 heavy (non-hydrogen) atoms. The van der Waals surface area contributed by atoms with Crippen LogP contribution in [0, 0.1) is 5.92 Å². The van der Waals surface area contributed by atoms with Gasteiger partial charge in [-0.3, -0.25) is 9.59 Å². The van der Waals surface area contributed by atoms with E-state index in [4.69, 9.17) is 5.11 Å². The third kappa shape index (κ3) is 2.27. The van der Waals surface area contributed by atoms with E-state index >= 15 is 0 Å². The third-order valence-electron chi connectivity index (χ3n) is 2.52. The average Bonchev–Trinajstić information content (AvgIpc) is 2.56. The maximum Gasteiger partial charge on any atom is 0.303 e. The standard InChI is InChI=1S/C10H10BrNO3S/c11-7-1-2-16-9(7)10(15)12-4-6(5-12)3-8(13)14/h1-2,6H,3-5H2,(H,13,14). The zero-order valence-corrected chi connectivity index (χ0v) is 10.8. The second-order valence-corrected chi connectivity index (χ2v) is 5.54. The van der Waals surface area contributed by atoms with E-state index in [-0.39, 0.29) is 18.2 Å². The number of aliphatic carboxylic acids is 1. The Kier molecular flexibility index (Phi) is 3.30. The molecule has 1 amide bonds. The molecule has 86 valence electrons. The summed E-state index contributed by atoms with van der Waals surface area (Å²) in [5.41, 5.74) is 0. The molecule has 0 saturated carbocycles. The highest BCUT2D eigenvalue weighted by Gasteiger charge is 2.33. The predicted molar refractivity (Wildman–Crippen MR) is 63.7 cm³/mol. The summed E-state index contributed by atoms with van der Waals surface area (Å²) < 4.78 is 0.809. The van der Waals surface area contributed by atoms with Crippen molar-refractivity contribution in [3.63, 3.8) is 0 Å². The molecule has 1 aromatic heterocycles. The smallest absolute Gasteiger partial charge is 0.303 e. The number of carbonyl (C=O) groups excluding carboxylic acids is 1. The van der Waals surface area contributed by atoms with Gasteiger partial charge in [-0.2, -0.15) is 0 Å². The predicted octanol–water partition coefficient (Wildman–Crippen LogP) is 2.06. The number of carbonyl (C=O) groups is 2. The van der Waals surface area contributed by atoms with Crippen LogP contribution in [0.2, 0.25) is 0 Å². The number of halogens is 1. The maximum atomic E-state index is 11.9. The van der Waals surface area contributed by atoms with Crippen LogP contribution in [-0.2, 0) is 4.79 Å². The lowest BCUT2D eigenvalue weighted by atomic mass is 9.96. The van der Waals surface area contributed by atoms with Crippen molar-refractivity contribution in [2.24, 2.45) is 5.92 Å². The van der Waals surface area contributed by atoms with Gasteiger partial charge in [0.15, 0.2) is 0 Å². The van der Waals surface area contributed by atoms with Crippen molar-refractivity contribution in [1.82, 2.24) is 4.90 Å². The van der Waals surface area contributed by atoms with E-state index in [1.54, 1.807) is 4.90 Å². The minimum absolute atomic E-state index is 0.0106. The van der Waals surface area contributed by atoms with Gasteiger partial charge in [0.2, 0.25) is 0 Å². The van der Waals surface area contributed by atoms with Crippen molar-refractivity contribution in [2.75, 3.05) is 13.1 Å². The summed E-state index contributed by atoms with van der Waals surface area (Å²) in [4.78, 5) is 24.7. The van der Waals surface area contributed by atoms with Crippen LogP contribution < -0.4 is 0 Å². The topological polar surface area (TPSA) is 57.6 Å². The van der Waals surface area contributed by atoms with Crippen LogP contribution in [0.4, 0.5) is 0 Å². The number of carboxylic acid groups (broad SMARTS) is 1. The van der Waals surface area contributed by atoms with E-state index in [1.807, 2.05) is 11.4 Å². The van der Waals surface area contributed by atoms with Crippen molar-refractivity contribution in [1.29, 1.82) is 0 Å². The molecular formula is C10H10BrNO3S. The average molecular weight is 304 g/mol. The summed E-state index contributed by atoms with van der Waals surface area (Å²) in [6, 6.07) is 1.84. The number of likely N-dealkylation sites (tertiary alicyclic amines) is 1. The summed E-state index contributed by atoms with van der Waals surface area (Å²) in [6.07, 6.45) is 0.148. The number of nitrogens with zero attached hydrogens (tertiary/aromatic N) is 1. The number of amides is 1. The van der Waals surface area contributed by atoms with Crippen LogP contribution in [0.3, 0.4) is 0 Å². The minimum Gasteiger partial charge on any atom is -0.481 e. The van der Waals surface area contributed by atoms with Gasteiger partial charge < -0.3 is 10.0 Å². The Hall–Kier alpha value is -0.880. The molecule has 0 atom stereocenters. The summed E-state index contributed by atoms with van der Waals surface area (Å²) in [6.45, 7) is 1.10. The first kappa shape index (κ1) is 11.6. The number of thiophene rings is 1. The van der Waals surface area contributed by atoms with Crippen LogP contribution >= 0.6 is 27.3 Å². The molecule has 1 aliphatic heterocycles. The summed E-state index contributed by atoms with van der Waals surface area (Å²) >= 11 is 4.71. The molecule has 1 N–H and O–H groups in total. The molecule has 0 spiro atoms. The zero-order valence-electron chi connectivity index (χ0n) is 8.35. The second kappa shape index (κ2) is 4.55. The Balaban J connectivity index is 1.91. The molecular weight excluding hydrogens is 294 g/mol. The molecule has 1 saturated heterocycles. The van der Waals surface area contributed by atoms with E-state index in [2.05, 4.69) is 15.9 Å². The Morgan fingerprint density at radius 3 is 2.75 bits per heavy atom. The molecule has 0 unspecified atom stereocenters. The monoisotopic (exact) mass is 303 g/mol. The van der Waals surface area contributed by atoms with Gasteiger partial charge in [-0.1, -0.05) is 0 Å². The van der Waals surface area contributed by atoms with Gasteiger partial charge in [0, 0.05) is 23.5 Å². The largest absolute Gasteiger partial charge is 0.481 e. The molecule has 6 heteroatoms. The first-order chi connectivity index (χ1) is 7.58. The lowest BCUT2D eigenvalue weighted by Crippen LogP contribution is -2.50. The number of rotatable bonds is 3. The van der Waals surface area contributed by atoms with Crippen LogP contribution in [0.1, 0.15) is 16.1 Å². The van der Waals surface area contributed by atoms with Crippen molar-refractivity contribution >= 4 is 39.1 Å². The van der Waals surface area contributed by atoms with Crippen LogP contribution in [0.5, 0.6) is 0 Å². The fourth-order valence-electron chi connectivity index (χ4n) is 1.70. The molecule has 2 rings (SSSR count). The van der Waals surface area contributed by atoms with Crippen LogP contribution in [0.15, 0.2) is 15.9 Å². The zero-order chi connectivity index (χ0) is 11.7. The molecule has 0 aliphatic carbocycles. The first-order valence-electron chi connectivity index (χ1n) is 4.82. The molecule has 0 bridgehead atoms. The van der Waals surface area contributed by atoms with E-state index < -0.39 is 5.97 Å². The van der Waals surface area contributed by atoms with Crippen LogP contribution in [0.25, 0.3) is 0 Å². The SMILES string of the molecule is O=C(O)CC1CN(C(=O)c2sccc2Br)C1. The van der Waals surface area contributed by atoms with Gasteiger partial charge in [-0.25, -0.2) is 0 Å². The van der Waals surface area contributed by atoms with Gasteiger partial charge in [-0.15, -0.1) is 11.3 Å². The maximum absolute atomic E-state index is 11.9. The van der Waals surface area contributed by atoms with Gasteiger partial charge in [0.1, 0.15) is 4.88 Å². The van der Waals surface area contributed by atoms with Crippen molar-refractivity contribution in [2.45, 2.75) is 6.42 Å². The Bertz CT molecular complexity index is 425. The molecule has 0 radical (unpaired) electrons. The van der Waals surface area contributed by atoms with E-state index in [0.717, 1.165) is 4.47 Å². The number of hydrogen-bond donors (Lipinski definition) is 1. The van der Waals surface area contributed by atoms with E-state index in [9.17, 15) is 9.59 Å². The first-order valence-corrected chi connectivity index (χ1v) is 6.49. The van der Waals surface area contributed by atoms with Crippen molar-refractivity contribution < 1.29 is 14.7 Å². The molecule has 2 heterocycles. The number of carboxylic acids is 1. The highest BCUT2D eigenvalue weighted by atomic mass is 79.9. The Morgan fingerprint density at radius 1 is 1.56 bits per heavy atom. The van der Waals surface area contributed by atoms with Crippen molar-refractivity contribution in [3.05, 3.63) is 20.8 Å². The van der Waals surface area contributed by atoms with Crippen LogP contribution in [-0.4, -0.2) is 35.0 Å². The molecule has 1 aromatic rings. The van der Waals surface area contributed by atoms with E-state index in [0.29, 0.717) is 18.0 Å². The third-order valence-corrected chi connectivity index (χ3v) is 4.34. The van der Waals surface area contributed by atoms with E-state index in [1.165, 1.54) is 11.3 Å². The fourth-order valence-corrected chi connectivity index (χ4v) is 3.21. The van der Waals surface area contributed by atoms with Crippen molar-refractivity contribution in [3.8, 4) is 0 Å². The fraction of sp³-hybridized carbons (Fsp3) is 0.400. The Labute approximate surface area is 105 Å². The summed E-state index contributed by atoms with van der Waals surface area (Å²) in [7, 11) is 0. The van der Waals surface area contributed by atoms with Gasteiger partial charge in [0.05, 0.1) is 6.42 Å². The van der Waals surface area contributed by atoms with Gasteiger partial charge in [0.25, 0.3) is 5.91 Å². The highest BCUT2D eigenvalue weighted by molar-refractivity contribution is 9.10.